The number of nitrogens with one attached hydrogen (secondary N) is 3. The molecule has 6 N–H and O–H groups in total. The van der Waals surface area contributed by atoms with E-state index in [9.17, 15) is 19.0 Å². The van der Waals surface area contributed by atoms with Gasteiger partial charge >= 0.3 is 0 Å². The first kappa shape index (κ1) is 31.7. The highest BCUT2D eigenvalue weighted by Crippen LogP contribution is 2.50. The average Bonchev–Trinajstić information content (AvgIpc) is 2.93. The topological polar surface area (TPSA) is 117 Å². The van der Waals surface area contributed by atoms with Gasteiger partial charge < -0.3 is 21.1 Å². The van der Waals surface area contributed by atoms with Gasteiger partial charge in [0.1, 0.15) is 0 Å². The molecule has 1 aliphatic rings. The first-order valence-corrected chi connectivity index (χ1v) is 15.2. The van der Waals surface area contributed by atoms with E-state index in [-0.39, 0.29) is 18.3 Å². The first-order chi connectivity index (χ1) is 18.9. The van der Waals surface area contributed by atoms with E-state index in [4.69, 9.17) is 0 Å². The molecule has 0 aromatic heterocycles. The van der Waals surface area contributed by atoms with Crippen LogP contribution in [0.1, 0.15) is 41.3 Å². The van der Waals surface area contributed by atoms with Gasteiger partial charge in [-0.2, -0.15) is 0 Å². The Kier molecular flexibility index (Phi) is 12.1. The molecule has 0 saturated carbocycles. The van der Waals surface area contributed by atoms with Crippen LogP contribution < -0.4 is 20.3 Å². The van der Waals surface area contributed by atoms with E-state index in [1.165, 1.54) is 0 Å². The number of amides is 1. The smallest absolute Gasteiger partial charge is 0.251 e. The van der Waals surface area contributed by atoms with Crippen LogP contribution in [0.3, 0.4) is 0 Å². The van der Waals surface area contributed by atoms with Crippen molar-refractivity contribution in [2.45, 2.75) is 44.9 Å². The zero-order valence-corrected chi connectivity index (χ0v) is 24.5. The summed E-state index contributed by atoms with van der Waals surface area (Å²) in [5.41, 5.74) is 3.85. The molecule has 2 atom stereocenters. The molecule has 0 spiro atoms. The van der Waals surface area contributed by atoms with Crippen LogP contribution in [0.25, 0.3) is 0 Å². The van der Waals surface area contributed by atoms with Crippen LogP contribution >= 0.6 is 23.2 Å². The number of carbonyl (C=O) groups is 1. The lowest BCUT2D eigenvalue weighted by atomic mass is 10.00. The first-order valence-electron chi connectivity index (χ1n) is 13.6. The lowest BCUT2D eigenvalue weighted by molar-refractivity contribution is 0.0830. The fraction of sp³-hybridized carbons (Fsp3) is 0.367. The van der Waals surface area contributed by atoms with Gasteiger partial charge in [-0.15, -0.1) is 23.2 Å². The maximum absolute atomic E-state index is 13.6. The van der Waals surface area contributed by atoms with Gasteiger partial charge in [-0.3, -0.25) is 18.2 Å². The van der Waals surface area contributed by atoms with Gasteiger partial charge in [0.2, 0.25) is 0 Å². The molecule has 0 unspecified atom stereocenters. The van der Waals surface area contributed by atoms with Gasteiger partial charge in [-0.1, -0.05) is 60.7 Å². The van der Waals surface area contributed by atoms with Crippen molar-refractivity contribution in [2.75, 3.05) is 35.0 Å². The zero-order valence-electron chi connectivity index (χ0n) is 22.8. The Hall–Kier alpha value is -2.79. The molecule has 8 nitrogen and oxygen atoms in total. The van der Waals surface area contributed by atoms with Crippen molar-refractivity contribution >= 4 is 40.5 Å². The van der Waals surface area contributed by atoms with Crippen LogP contribution in [0.5, 0.6) is 0 Å². The summed E-state index contributed by atoms with van der Waals surface area (Å²) in [6.45, 7) is 4.06. The van der Waals surface area contributed by atoms with Crippen LogP contribution in [-0.4, -0.2) is 57.7 Å². The van der Waals surface area contributed by atoms with Gasteiger partial charge in [0, 0.05) is 37.4 Å². The summed E-state index contributed by atoms with van der Waals surface area (Å²) >= 11 is 0. The quantitative estimate of drug-likeness (QED) is 0.170. The van der Waals surface area contributed by atoms with Crippen LogP contribution in [0, 0.1) is 0 Å². The second-order valence-corrected chi connectivity index (χ2v) is 12.0. The van der Waals surface area contributed by atoms with Crippen molar-refractivity contribution in [3.8, 4) is 0 Å². The van der Waals surface area contributed by atoms with Crippen LogP contribution in [0.15, 0.2) is 78.9 Å². The number of halogens is 1. The predicted octanol–water partition coefficient (Wildman–Crippen LogP) is 5.30. The van der Waals surface area contributed by atoms with Crippen molar-refractivity contribution in [3.63, 3.8) is 0 Å². The summed E-state index contributed by atoms with van der Waals surface area (Å²) in [4.78, 5) is 13.6. The molecule has 1 amide bonds. The average molecular weight is 589 g/mol. The fourth-order valence-electron chi connectivity index (χ4n) is 4.80. The number of anilines is 2. The number of aliphatic hydroxyl groups is 1. The van der Waals surface area contributed by atoms with E-state index in [0.717, 1.165) is 29.7 Å². The van der Waals surface area contributed by atoms with E-state index >= 15 is 0 Å². The second kappa shape index (κ2) is 15.3. The molecule has 0 aliphatic carbocycles. The van der Waals surface area contributed by atoms with Gasteiger partial charge in [0.25, 0.3) is 5.91 Å². The summed E-state index contributed by atoms with van der Waals surface area (Å²) in [6.07, 6.45) is 1.25. The minimum Gasteiger partial charge on any atom is -0.390 e. The lowest BCUT2D eigenvalue weighted by Crippen LogP contribution is -2.48. The highest BCUT2D eigenvalue weighted by Gasteiger charge is 2.28. The van der Waals surface area contributed by atoms with Crippen molar-refractivity contribution in [2.24, 2.45) is 0 Å². The van der Waals surface area contributed by atoms with Crippen molar-refractivity contribution in [1.29, 1.82) is 0 Å². The van der Waals surface area contributed by atoms with Gasteiger partial charge in [0.15, 0.2) is 0 Å². The monoisotopic (exact) mass is 588 g/mol. The second-order valence-electron chi connectivity index (χ2n) is 9.90. The molecule has 1 fully saturated rings. The summed E-state index contributed by atoms with van der Waals surface area (Å²) in [5, 5.41) is 20.8. The van der Waals surface area contributed by atoms with Crippen LogP contribution in [0.2, 0.25) is 0 Å². The summed E-state index contributed by atoms with van der Waals surface area (Å²) < 4.78 is 23.0. The minimum absolute atomic E-state index is 0. The third-order valence-electron chi connectivity index (χ3n) is 6.84. The minimum atomic E-state index is -2.94. The Labute approximate surface area is 245 Å². The molecule has 0 bridgehead atoms. The molecular weight excluding hydrogens is 548 g/mol. The highest BCUT2D eigenvalue weighted by molar-refractivity contribution is 8.25. The normalized spacial score (nSPS) is 16.8. The SMILES string of the molecule is CCNc1cc(C(=O)N[C@@H](Cc2ccccc2)[C@H](O)CNCc2ccccc2)cc(N2CCCCS2(O)O)c1.Cl. The van der Waals surface area contributed by atoms with E-state index in [0.29, 0.717) is 49.6 Å². The number of nitrogens with zero attached hydrogens (tertiary/aromatic N) is 1. The maximum atomic E-state index is 13.6. The Morgan fingerprint density at radius 3 is 2.30 bits per heavy atom. The molecule has 4 rings (SSSR count). The molecule has 1 aliphatic heterocycles. The van der Waals surface area contributed by atoms with E-state index < -0.39 is 22.9 Å². The highest BCUT2D eigenvalue weighted by atomic mass is 35.5. The molecule has 40 heavy (non-hydrogen) atoms. The number of benzene rings is 3. The Morgan fingerprint density at radius 1 is 0.975 bits per heavy atom. The number of aliphatic hydroxyl groups excluding tert-OH is 1. The summed E-state index contributed by atoms with van der Waals surface area (Å²) in [5.74, 6) is -0.00564. The van der Waals surface area contributed by atoms with E-state index in [2.05, 4.69) is 16.0 Å². The Morgan fingerprint density at radius 2 is 1.65 bits per heavy atom. The van der Waals surface area contributed by atoms with Gasteiger partial charge in [-0.25, -0.2) is 0 Å². The Bertz CT molecular complexity index is 1200. The molecule has 1 heterocycles. The Balaban J connectivity index is 0.00000441. The van der Waals surface area contributed by atoms with Gasteiger partial charge in [0.05, 0.1) is 23.6 Å². The molecule has 3 aromatic rings. The summed E-state index contributed by atoms with van der Waals surface area (Å²) in [7, 11) is -2.94. The summed E-state index contributed by atoms with van der Waals surface area (Å²) in [6, 6.07) is 24.5. The number of rotatable bonds is 12. The molecule has 10 heteroatoms. The third kappa shape index (κ3) is 8.86. The zero-order chi connectivity index (χ0) is 27.7. The number of carbonyl (C=O) groups excluding carboxylic acids is 1. The van der Waals surface area contributed by atoms with Crippen molar-refractivity contribution < 1.29 is 19.0 Å². The molecular formula is C30H41ClN4O4S. The molecule has 3 aromatic carbocycles. The standard InChI is InChI=1S/C30H40N4O4S.ClH/c1-2-32-26-18-25(19-27(20-26)34-15-9-10-16-39(34,37)38)30(36)33-28(17-23-11-5-3-6-12-23)29(35)22-31-21-24-13-7-4-8-14-24;/h3-8,11-14,18-20,28-29,31-32,35,37-38H,2,9-10,15-17,21-22H2,1H3,(H,33,36);1H/t28-,29+;/m0./s1. The number of hydrogen-bond acceptors (Lipinski definition) is 7. The fourth-order valence-corrected chi connectivity index (χ4v) is 6.48. The third-order valence-corrected chi connectivity index (χ3v) is 8.77. The predicted molar refractivity (Wildman–Crippen MR) is 168 cm³/mol. The van der Waals surface area contributed by atoms with E-state index in [1.54, 1.807) is 16.4 Å². The maximum Gasteiger partial charge on any atom is 0.251 e. The van der Waals surface area contributed by atoms with E-state index in [1.807, 2.05) is 73.7 Å². The van der Waals surface area contributed by atoms with Crippen molar-refractivity contribution in [1.82, 2.24) is 10.6 Å². The molecule has 1 saturated heterocycles. The molecule has 218 valence electrons. The largest absolute Gasteiger partial charge is 0.390 e. The van der Waals surface area contributed by atoms with Crippen LogP contribution in [-0.2, 0) is 13.0 Å². The van der Waals surface area contributed by atoms with Gasteiger partial charge in [-0.05, 0) is 55.5 Å². The van der Waals surface area contributed by atoms with Crippen molar-refractivity contribution in [3.05, 3.63) is 95.6 Å². The lowest BCUT2D eigenvalue weighted by Gasteiger charge is -2.47. The molecule has 0 radical (unpaired) electrons. The number of hydrogen-bond donors (Lipinski definition) is 6. The van der Waals surface area contributed by atoms with Crippen LogP contribution in [0.4, 0.5) is 11.4 Å².